The zero-order valence-electron chi connectivity index (χ0n) is 22.9. The molecule has 0 fully saturated rings. The zero-order valence-corrected chi connectivity index (χ0v) is 23.9. The second-order valence-electron chi connectivity index (χ2n) is 10.4. The number of unbranched alkanes of at least 4 members (excludes halogenated alkanes) is 1. The molecule has 1 aliphatic heterocycles. The van der Waals surface area contributed by atoms with E-state index in [2.05, 4.69) is 54.6 Å². The summed E-state index contributed by atoms with van der Waals surface area (Å²) < 4.78 is 24.6. The van der Waals surface area contributed by atoms with Crippen molar-refractivity contribution >= 4 is 26.1 Å². The Kier molecular flexibility index (Phi) is 11.1. The predicted molar refractivity (Wildman–Crippen MR) is 138 cm³/mol. The molecule has 1 rings (SSSR count). The van der Waals surface area contributed by atoms with Gasteiger partial charge in [0.2, 0.25) is 11.8 Å². The summed E-state index contributed by atoms with van der Waals surface area (Å²) in [7, 11) is -2.28. The second kappa shape index (κ2) is 12.3. The molecule has 0 unspecified atom stereocenters. The highest BCUT2D eigenvalue weighted by molar-refractivity contribution is 6.74. The van der Waals surface area contributed by atoms with Gasteiger partial charge in [0, 0.05) is 0 Å². The van der Waals surface area contributed by atoms with Gasteiger partial charge < -0.3 is 18.6 Å². The smallest absolute Gasteiger partial charge is 0.346 e. The van der Waals surface area contributed by atoms with Crippen LogP contribution < -0.4 is 0 Å². The normalized spacial score (nSPS) is 22.5. The van der Waals surface area contributed by atoms with E-state index in [1.54, 1.807) is 6.92 Å². The lowest BCUT2D eigenvalue weighted by atomic mass is 9.86. The van der Waals surface area contributed by atoms with E-state index in [0.29, 0.717) is 25.5 Å². The van der Waals surface area contributed by atoms with Crippen molar-refractivity contribution in [2.45, 2.75) is 117 Å². The molecule has 192 valence electrons. The molecule has 1 aliphatic rings. The van der Waals surface area contributed by atoms with E-state index < -0.39 is 25.9 Å². The Morgan fingerprint density at radius 3 is 2.12 bits per heavy atom. The molecule has 33 heavy (non-hydrogen) atoms. The van der Waals surface area contributed by atoms with Gasteiger partial charge in [-0.2, -0.15) is 0 Å². The van der Waals surface area contributed by atoms with Crippen LogP contribution in [-0.2, 0) is 23.4 Å². The second-order valence-corrected chi connectivity index (χ2v) is 15.2. The molecular formula is C25H48N2O5Si. The van der Waals surface area contributed by atoms with E-state index in [-0.39, 0.29) is 29.5 Å². The number of nitrogens with zero attached hydrogens (tertiary/aromatic N) is 2. The Hall–Kier alpha value is -1.41. The molecule has 0 aromatic carbocycles. The maximum absolute atomic E-state index is 13.8. The van der Waals surface area contributed by atoms with Gasteiger partial charge in [0.05, 0.1) is 25.9 Å². The fraction of sp³-hybridized carbons (Fsp3) is 0.880. The van der Waals surface area contributed by atoms with Gasteiger partial charge in [-0.1, -0.05) is 54.4 Å². The molecule has 1 heterocycles. The molecule has 3 atom stereocenters. The van der Waals surface area contributed by atoms with Gasteiger partial charge in [0.1, 0.15) is 6.04 Å². The van der Waals surface area contributed by atoms with Crippen molar-refractivity contribution in [1.82, 2.24) is 0 Å². The van der Waals surface area contributed by atoms with Crippen molar-refractivity contribution in [3.8, 4) is 0 Å². The van der Waals surface area contributed by atoms with Crippen molar-refractivity contribution < 1.29 is 23.4 Å². The van der Waals surface area contributed by atoms with Crippen LogP contribution in [0.2, 0.25) is 18.1 Å². The Labute approximate surface area is 202 Å². The lowest BCUT2D eigenvalue weighted by Crippen LogP contribution is -2.63. The number of rotatable bonds is 11. The first-order valence-corrected chi connectivity index (χ1v) is 15.5. The lowest BCUT2D eigenvalue weighted by Gasteiger charge is -2.45. The molecule has 0 saturated heterocycles. The van der Waals surface area contributed by atoms with Crippen molar-refractivity contribution in [1.29, 1.82) is 0 Å². The Morgan fingerprint density at radius 2 is 1.67 bits per heavy atom. The summed E-state index contributed by atoms with van der Waals surface area (Å²) in [6.45, 7) is 23.8. The first-order valence-electron chi connectivity index (χ1n) is 12.6. The third kappa shape index (κ3) is 6.81. The van der Waals surface area contributed by atoms with Gasteiger partial charge in [0.25, 0.3) is 5.54 Å². The number of hydrogen-bond donors (Lipinski definition) is 0. The van der Waals surface area contributed by atoms with Crippen LogP contribution in [0.3, 0.4) is 0 Å². The number of ether oxygens (including phenoxy) is 3. The van der Waals surface area contributed by atoms with E-state index in [0.717, 1.165) is 12.8 Å². The summed E-state index contributed by atoms with van der Waals surface area (Å²) in [6.07, 6.45) is 1.93. The summed E-state index contributed by atoms with van der Waals surface area (Å²) in [4.78, 5) is 23.7. The summed E-state index contributed by atoms with van der Waals surface area (Å²) in [6, 6.07) is -0.325. The van der Waals surface area contributed by atoms with Crippen LogP contribution in [0.25, 0.3) is 0 Å². The van der Waals surface area contributed by atoms with E-state index in [1.165, 1.54) is 0 Å². The van der Waals surface area contributed by atoms with E-state index in [1.807, 2.05) is 13.8 Å². The number of hydrogen-bond acceptors (Lipinski definition) is 7. The summed E-state index contributed by atoms with van der Waals surface area (Å²) in [5, 5.41) is -0.0438. The highest BCUT2D eigenvalue weighted by Gasteiger charge is 2.59. The maximum Gasteiger partial charge on any atom is 0.346 e. The SMILES string of the molecule is CCCC[C@H](O[Si](C)(C)C(C)(C)C)[C@@]1(C(=O)OCC)N=C(OCC)[C@H](C(C)C)N=C1OCC. The predicted octanol–water partition coefficient (Wildman–Crippen LogP) is 5.78. The highest BCUT2D eigenvalue weighted by Crippen LogP contribution is 2.42. The van der Waals surface area contributed by atoms with Gasteiger partial charge >= 0.3 is 5.97 Å². The molecule has 8 heteroatoms. The van der Waals surface area contributed by atoms with Gasteiger partial charge in [-0.25, -0.2) is 14.8 Å². The molecule has 0 radical (unpaired) electrons. The van der Waals surface area contributed by atoms with Gasteiger partial charge in [-0.05, 0) is 51.2 Å². The van der Waals surface area contributed by atoms with E-state index in [4.69, 9.17) is 28.6 Å². The monoisotopic (exact) mass is 484 g/mol. The lowest BCUT2D eigenvalue weighted by molar-refractivity contribution is -0.151. The van der Waals surface area contributed by atoms with E-state index >= 15 is 0 Å². The average Bonchev–Trinajstić information content (AvgIpc) is 2.71. The van der Waals surface area contributed by atoms with Crippen molar-refractivity contribution in [3.05, 3.63) is 0 Å². The fourth-order valence-electron chi connectivity index (χ4n) is 3.54. The summed E-state index contributed by atoms with van der Waals surface area (Å²) >= 11 is 0. The van der Waals surface area contributed by atoms with Crippen LogP contribution in [-0.4, -0.2) is 63.6 Å². The third-order valence-corrected chi connectivity index (χ3v) is 10.9. The number of carbonyl (C=O) groups excluding carboxylic acids is 1. The molecule has 0 amide bonds. The Balaban J connectivity index is 3.85. The minimum Gasteiger partial charge on any atom is -0.480 e. The molecule has 7 nitrogen and oxygen atoms in total. The van der Waals surface area contributed by atoms with Crippen molar-refractivity contribution in [2.75, 3.05) is 19.8 Å². The molecule has 0 aromatic heterocycles. The van der Waals surface area contributed by atoms with Crippen LogP contribution in [0.5, 0.6) is 0 Å². The molecule has 0 aliphatic carbocycles. The standard InChI is InChI=1S/C25H48N2O5Si/c1-12-16-17-19(32-33(10,11)24(7,8)9)25(23(28)31-15-4)22(30-14-3)26-20(18(5)6)21(27-25)29-13-2/h18-20H,12-17H2,1-11H3/t19-,20-,25+/m0/s1. The molecule has 0 saturated carbocycles. The quantitative estimate of drug-likeness (QED) is 0.274. The number of carbonyl (C=O) groups is 1. The van der Waals surface area contributed by atoms with Gasteiger partial charge in [-0.15, -0.1) is 0 Å². The van der Waals surface area contributed by atoms with Crippen molar-refractivity contribution in [2.24, 2.45) is 15.9 Å². The molecule has 0 spiro atoms. The zero-order chi connectivity index (χ0) is 25.4. The maximum atomic E-state index is 13.8. The van der Waals surface area contributed by atoms with Crippen molar-refractivity contribution in [3.63, 3.8) is 0 Å². The average molecular weight is 485 g/mol. The minimum absolute atomic E-state index is 0.0438. The summed E-state index contributed by atoms with van der Waals surface area (Å²) in [5.74, 6) is 0.368. The van der Waals surface area contributed by atoms with Crippen LogP contribution >= 0.6 is 0 Å². The Morgan fingerprint density at radius 1 is 1.06 bits per heavy atom. The first-order chi connectivity index (χ1) is 15.3. The van der Waals surface area contributed by atoms with Crippen LogP contribution in [0.4, 0.5) is 0 Å². The molecule has 0 N–H and O–H groups in total. The van der Waals surface area contributed by atoms with Gasteiger partial charge in [0.15, 0.2) is 8.32 Å². The topological polar surface area (TPSA) is 78.7 Å². The minimum atomic E-state index is -2.28. The van der Waals surface area contributed by atoms with E-state index in [9.17, 15) is 4.79 Å². The molecule has 0 aromatic rings. The largest absolute Gasteiger partial charge is 0.480 e. The molecular weight excluding hydrogens is 436 g/mol. The van der Waals surface area contributed by atoms with Gasteiger partial charge in [-0.3, -0.25) is 0 Å². The number of esters is 1. The third-order valence-electron chi connectivity index (χ3n) is 6.44. The molecule has 0 bridgehead atoms. The summed E-state index contributed by atoms with van der Waals surface area (Å²) in [5.41, 5.74) is -1.52. The van der Waals surface area contributed by atoms with Crippen LogP contribution in [0, 0.1) is 5.92 Å². The first kappa shape index (κ1) is 29.6. The Bertz CT molecular complexity index is 699. The fourth-order valence-corrected chi connectivity index (χ4v) is 4.90. The van der Waals surface area contributed by atoms with Crippen LogP contribution in [0.1, 0.15) is 81.6 Å². The van der Waals surface area contributed by atoms with Crippen LogP contribution in [0.15, 0.2) is 9.98 Å². The number of aliphatic imine (C=N–C) groups is 2. The highest BCUT2D eigenvalue weighted by atomic mass is 28.4.